The van der Waals surface area contributed by atoms with Gasteiger partial charge in [0.25, 0.3) is 0 Å². The van der Waals surface area contributed by atoms with E-state index >= 15 is 0 Å². The lowest BCUT2D eigenvalue weighted by Crippen LogP contribution is -2.33. The molecule has 0 bridgehead atoms. The van der Waals surface area contributed by atoms with Crippen LogP contribution in [0.15, 0.2) is 30.3 Å². The Kier molecular flexibility index (Phi) is 4.12. The van der Waals surface area contributed by atoms with Gasteiger partial charge in [-0.05, 0) is 35.4 Å². The number of nitrogens with zero attached hydrogens (tertiary/aromatic N) is 1. The summed E-state index contributed by atoms with van der Waals surface area (Å²) in [6.45, 7) is 4.95. The van der Waals surface area contributed by atoms with Crippen LogP contribution >= 0.6 is 11.5 Å². The van der Waals surface area contributed by atoms with Gasteiger partial charge in [-0.2, -0.15) is 4.37 Å². The molecule has 4 nitrogen and oxygen atoms in total. The minimum Gasteiger partial charge on any atom is -0.382 e. The average Bonchev–Trinajstić information content (AvgIpc) is 2.88. The predicted octanol–water partition coefficient (Wildman–Crippen LogP) is 3.62. The molecule has 21 heavy (non-hydrogen) atoms. The lowest BCUT2D eigenvalue weighted by atomic mass is 9.82. The summed E-state index contributed by atoms with van der Waals surface area (Å²) in [5.41, 5.74) is 8.48. The minimum atomic E-state index is 0.283. The van der Waals surface area contributed by atoms with Gasteiger partial charge in [-0.1, -0.05) is 37.3 Å². The van der Waals surface area contributed by atoms with Crippen molar-refractivity contribution >= 4 is 22.4 Å². The molecule has 0 aliphatic carbocycles. The number of ether oxygens (including phenoxy) is 1. The molecule has 0 atom stereocenters. The molecule has 0 radical (unpaired) electrons. The van der Waals surface area contributed by atoms with Crippen LogP contribution in [0.25, 0.3) is 11.1 Å². The van der Waals surface area contributed by atoms with Crippen molar-refractivity contribution in [3.63, 3.8) is 0 Å². The number of nitrogens with one attached hydrogen (secondary N) is 1. The topological polar surface area (TPSA) is 60.2 Å². The second-order valence-corrected chi connectivity index (χ2v) is 6.69. The predicted molar refractivity (Wildman–Crippen MR) is 88.6 cm³/mol. The summed E-state index contributed by atoms with van der Waals surface area (Å²) in [5, 5.41) is 4.62. The highest BCUT2D eigenvalue weighted by atomic mass is 32.1. The Balaban J connectivity index is 1.77. The van der Waals surface area contributed by atoms with Crippen molar-refractivity contribution in [1.29, 1.82) is 0 Å². The smallest absolute Gasteiger partial charge is 0.147 e. The highest BCUT2D eigenvalue weighted by Gasteiger charge is 2.27. The van der Waals surface area contributed by atoms with Crippen LogP contribution in [0, 0.1) is 5.41 Å². The van der Waals surface area contributed by atoms with E-state index in [1.54, 1.807) is 0 Å². The highest BCUT2D eigenvalue weighted by molar-refractivity contribution is 7.11. The summed E-state index contributed by atoms with van der Waals surface area (Å²) in [6.07, 6.45) is 2.18. The monoisotopic (exact) mass is 303 g/mol. The van der Waals surface area contributed by atoms with Crippen LogP contribution in [0.3, 0.4) is 0 Å². The van der Waals surface area contributed by atoms with E-state index in [1.165, 1.54) is 11.5 Å². The van der Waals surface area contributed by atoms with E-state index in [2.05, 4.69) is 28.7 Å². The first-order chi connectivity index (χ1) is 10.2. The van der Waals surface area contributed by atoms with Gasteiger partial charge in [0.05, 0.1) is 5.56 Å². The van der Waals surface area contributed by atoms with Crippen LogP contribution in [0.4, 0.5) is 10.8 Å². The second kappa shape index (κ2) is 6.03. The lowest BCUT2D eigenvalue weighted by molar-refractivity contribution is 0.0300. The van der Waals surface area contributed by atoms with Gasteiger partial charge in [0.1, 0.15) is 10.8 Å². The summed E-state index contributed by atoms with van der Waals surface area (Å²) >= 11 is 1.44. The summed E-state index contributed by atoms with van der Waals surface area (Å²) in [4.78, 5) is 0. The van der Waals surface area contributed by atoms with Crippen LogP contribution in [-0.4, -0.2) is 24.1 Å². The molecule has 2 aromatic rings. The van der Waals surface area contributed by atoms with E-state index in [-0.39, 0.29) is 5.41 Å². The number of nitrogens with two attached hydrogens (primary N) is 1. The van der Waals surface area contributed by atoms with E-state index in [4.69, 9.17) is 10.5 Å². The van der Waals surface area contributed by atoms with Gasteiger partial charge in [0.15, 0.2) is 0 Å². The number of anilines is 2. The Hall–Kier alpha value is -1.59. The molecule has 0 spiro atoms. The molecule has 1 aromatic carbocycles. The molecule has 2 heterocycles. The summed E-state index contributed by atoms with van der Waals surface area (Å²) in [6, 6.07) is 10.2. The normalized spacial score (nSPS) is 17.6. The van der Waals surface area contributed by atoms with Gasteiger partial charge in [-0.3, -0.25) is 0 Å². The van der Waals surface area contributed by atoms with Crippen LogP contribution in [0.1, 0.15) is 19.8 Å². The third-order valence-electron chi connectivity index (χ3n) is 4.16. The van der Waals surface area contributed by atoms with Crippen molar-refractivity contribution < 1.29 is 4.74 Å². The Morgan fingerprint density at radius 2 is 2.00 bits per heavy atom. The van der Waals surface area contributed by atoms with Gasteiger partial charge in [-0.25, -0.2) is 0 Å². The maximum Gasteiger partial charge on any atom is 0.147 e. The molecule has 5 heteroatoms. The number of nitrogen functional groups attached to an aromatic ring is 1. The van der Waals surface area contributed by atoms with Crippen LogP contribution in [-0.2, 0) is 4.74 Å². The maximum absolute atomic E-state index is 6.05. The van der Waals surface area contributed by atoms with Gasteiger partial charge >= 0.3 is 0 Å². The first-order valence-corrected chi connectivity index (χ1v) is 8.07. The zero-order valence-corrected chi connectivity index (χ0v) is 13.1. The molecule has 0 amide bonds. The third-order valence-corrected chi connectivity index (χ3v) is 4.98. The Labute approximate surface area is 129 Å². The maximum atomic E-state index is 6.05. The van der Waals surface area contributed by atoms with Gasteiger partial charge in [0.2, 0.25) is 0 Å². The number of aromatic nitrogens is 1. The molecule has 1 aromatic heterocycles. The van der Waals surface area contributed by atoms with Crippen molar-refractivity contribution in [2.24, 2.45) is 5.41 Å². The first-order valence-electron chi connectivity index (χ1n) is 7.30. The van der Waals surface area contributed by atoms with E-state index < -0.39 is 0 Å². The zero-order valence-electron chi connectivity index (χ0n) is 12.3. The summed E-state index contributed by atoms with van der Waals surface area (Å²) in [5.74, 6) is 0.603. The standard InChI is InChI=1S/C16H21N3OS/c1-16(7-9-20-10-8-16)11-18-15-13(14(17)19-21-15)12-5-3-2-4-6-12/h2-6,18H,7-11H2,1H3,(H2,17,19). The number of rotatable bonds is 4. The van der Waals surface area contributed by atoms with Gasteiger partial charge in [-0.15, -0.1) is 0 Å². The number of benzene rings is 1. The van der Waals surface area contributed by atoms with E-state index in [9.17, 15) is 0 Å². The van der Waals surface area contributed by atoms with Crippen molar-refractivity contribution in [1.82, 2.24) is 4.37 Å². The van der Waals surface area contributed by atoms with E-state index in [0.717, 1.165) is 48.7 Å². The lowest BCUT2D eigenvalue weighted by Gasteiger charge is -2.33. The molecule has 3 N–H and O–H groups in total. The largest absolute Gasteiger partial charge is 0.382 e. The fraction of sp³-hybridized carbons (Fsp3) is 0.438. The fourth-order valence-corrected chi connectivity index (χ4v) is 3.37. The molecule has 0 saturated carbocycles. The zero-order chi connectivity index (χ0) is 14.7. The van der Waals surface area contributed by atoms with Gasteiger partial charge in [0, 0.05) is 19.8 Å². The molecular formula is C16H21N3OS. The fourth-order valence-electron chi connectivity index (χ4n) is 2.64. The third kappa shape index (κ3) is 3.19. The second-order valence-electron chi connectivity index (χ2n) is 5.91. The van der Waals surface area contributed by atoms with Gasteiger partial charge < -0.3 is 15.8 Å². The van der Waals surface area contributed by atoms with Crippen LogP contribution in [0.2, 0.25) is 0 Å². The first kappa shape index (κ1) is 14.4. The molecule has 1 aliphatic heterocycles. The number of hydrogen-bond donors (Lipinski definition) is 2. The van der Waals surface area contributed by atoms with Crippen LogP contribution in [0.5, 0.6) is 0 Å². The molecular weight excluding hydrogens is 282 g/mol. The Morgan fingerprint density at radius 1 is 1.29 bits per heavy atom. The van der Waals surface area contributed by atoms with Crippen molar-refractivity contribution in [2.75, 3.05) is 30.8 Å². The van der Waals surface area contributed by atoms with Crippen molar-refractivity contribution in [3.05, 3.63) is 30.3 Å². The molecule has 112 valence electrons. The van der Waals surface area contributed by atoms with Crippen LogP contribution < -0.4 is 11.1 Å². The molecule has 1 fully saturated rings. The van der Waals surface area contributed by atoms with E-state index in [1.807, 2.05) is 18.2 Å². The molecule has 0 unspecified atom stereocenters. The van der Waals surface area contributed by atoms with E-state index in [0.29, 0.717) is 5.82 Å². The highest BCUT2D eigenvalue weighted by Crippen LogP contribution is 2.38. The van der Waals surface area contributed by atoms with Crippen molar-refractivity contribution in [3.8, 4) is 11.1 Å². The Morgan fingerprint density at radius 3 is 2.71 bits per heavy atom. The van der Waals surface area contributed by atoms with Crippen molar-refractivity contribution in [2.45, 2.75) is 19.8 Å². The molecule has 3 rings (SSSR count). The Bertz CT molecular complexity index is 591. The number of hydrogen-bond acceptors (Lipinski definition) is 5. The quantitative estimate of drug-likeness (QED) is 0.905. The summed E-state index contributed by atoms with van der Waals surface area (Å²) < 4.78 is 9.77. The summed E-state index contributed by atoms with van der Waals surface area (Å²) in [7, 11) is 0. The molecule has 1 saturated heterocycles. The minimum absolute atomic E-state index is 0.283. The molecule has 1 aliphatic rings. The average molecular weight is 303 g/mol. The SMILES string of the molecule is CC1(CNc2snc(N)c2-c2ccccc2)CCOCC1.